The van der Waals surface area contributed by atoms with Gasteiger partial charge in [-0.3, -0.25) is 4.79 Å². The lowest BCUT2D eigenvalue weighted by atomic mass is 10.0. The summed E-state index contributed by atoms with van der Waals surface area (Å²) in [5.41, 5.74) is -0.584. The summed E-state index contributed by atoms with van der Waals surface area (Å²) in [4.78, 5) is 37.3. The molecule has 0 radical (unpaired) electrons. The highest BCUT2D eigenvalue weighted by molar-refractivity contribution is 6.33. The molecule has 1 fully saturated rings. The molecule has 1 aliphatic rings. The molecule has 1 amide bonds. The maximum absolute atomic E-state index is 12.3. The van der Waals surface area contributed by atoms with E-state index >= 15 is 0 Å². The van der Waals surface area contributed by atoms with Gasteiger partial charge in [0.15, 0.2) is 0 Å². The first kappa shape index (κ1) is 18.5. The molecule has 0 aromatic carbocycles. The van der Waals surface area contributed by atoms with Crippen molar-refractivity contribution in [3.05, 3.63) is 0 Å². The Kier molecular flexibility index (Phi) is 6.84. The van der Waals surface area contributed by atoms with Crippen molar-refractivity contribution in [1.82, 2.24) is 4.90 Å². The summed E-state index contributed by atoms with van der Waals surface area (Å²) < 4.78 is 10.1. The van der Waals surface area contributed by atoms with Crippen molar-refractivity contribution in [2.75, 3.05) is 13.2 Å². The van der Waals surface area contributed by atoms with Crippen LogP contribution in [0.3, 0.4) is 0 Å². The van der Waals surface area contributed by atoms with Gasteiger partial charge in [0.25, 0.3) is 0 Å². The molecule has 1 heterocycles. The normalized spacial score (nSPS) is 19.3. The fourth-order valence-electron chi connectivity index (χ4n) is 2.46. The highest BCUT2D eigenvalue weighted by Gasteiger charge is 2.32. The lowest BCUT2D eigenvalue weighted by Gasteiger charge is -2.31. The minimum Gasteiger partial charge on any atom is -0.460 e. The lowest BCUT2D eigenvalue weighted by Crippen LogP contribution is -2.44. The van der Waals surface area contributed by atoms with E-state index in [0.717, 1.165) is 19.3 Å². The highest BCUT2D eigenvalue weighted by atomic mass is 16.6. The number of esters is 1. The smallest absolute Gasteiger partial charge is 0.410 e. The van der Waals surface area contributed by atoms with Gasteiger partial charge in [0.1, 0.15) is 5.60 Å². The molecule has 0 N–H and O–H groups in total. The zero-order chi connectivity index (χ0) is 16.8. The second-order valence-corrected chi connectivity index (χ2v) is 6.52. The molecule has 6 heteroatoms. The molecule has 1 aliphatic heterocycles. The molecular weight excluding hydrogens is 286 g/mol. The first-order valence-corrected chi connectivity index (χ1v) is 7.94. The monoisotopic (exact) mass is 313 g/mol. The Bertz CT molecular complexity index is 413. The van der Waals surface area contributed by atoms with Crippen LogP contribution in [0.25, 0.3) is 0 Å². The Hall–Kier alpha value is -1.59. The van der Waals surface area contributed by atoms with E-state index in [1.807, 2.05) is 20.8 Å². The van der Waals surface area contributed by atoms with E-state index in [1.165, 1.54) is 0 Å². The molecule has 1 rings (SSSR count). The molecule has 22 heavy (non-hydrogen) atoms. The third kappa shape index (κ3) is 6.03. The van der Waals surface area contributed by atoms with Crippen molar-refractivity contribution in [2.24, 2.45) is 0 Å². The number of nitrogens with zero attached hydrogens (tertiary/aromatic N) is 1. The van der Waals surface area contributed by atoms with Crippen LogP contribution >= 0.6 is 0 Å². The van der Waals surface area contributed by atoms with Crippen LogP contribution in [0.2, 0.25) is 0 Å². The van der Waals surface area contributed by atoms with Crippen LogP contribution in [0.5, 0.6) is 0 Å². The Balaban J connectivity index is 2.75. The maximum Gasteiger partial charge on any atom is 0.410 e. The molecule has 1 atom stereocenters. The van der Waals surface area contributed by atoms with Gasteiger partial charge in [-0.15, -0.1) is 0 Å². The van der Waals surface area contributed by atoms with Crippen LogP contribution in [-0.4, -0.2) is 47.5 Å². The van der Waals surface area contributed by atoms with Gasteiger partial charge in [-0.25, -0.2) is 9.59 Å². The number of carbonyl (C=O) groups excluding carboxylic acids is 3. The quantitative estimate of drug-likeness (QED) is 0.589. The molecule has 0 aromatic heterocycles. The molecule has 0 aromatic rings. The predicted octanol–water partition coefficient (Wildman–Crippen LogP) is 2.69. The van der Waals surface area contributed by atoms with E-state index in [9.17, 15) is 14.4 Å². The van der Waals surface area contributed by atoms with Crippen molar-refractivity contribution in [3.8, 4) is 0 Å². The molecule has 126 valence electrons. The largest absolute Gasteiger partial charge is 0.460 e. The summed E-state index contributed by atoms with van der Waals surface area (Å²) in [6.07, 6.45) is 3.09. The molecular formula is C16H27NO5. The fourth-order valence-corrected chi connectivity index (χ4v) is 2.46. The predicted molar refractivity (Wildman–Crippen MR) is 81.5 cm³/mol. The van der Waals surface area contributed by atoms with E-state index in [0.29, 0.717) is 13.0 Å². The van der Waals surface area contributed by atoms with E-state index in [-0.39, 0.29) is 19.1 Å². The van der Waals surface area contributed by atoms with Gasteiger partial charge in [0.05, 0.1) is 6.61 Å². The van der Waals surface area contributed by atoms with Crippen LogP contribution < -0.4 is 0 Å². The van der Waals surface area contributed by atoms with Gasteiger partial charge in [-0.05, 0) is 40.5 Å². The van der Waals surface area contributed by atoms with Gasteiger partial charge < -0.3 is 14.4 Å². The standard InChI is InChI=1S/C16H27NO5/c1-5-21-14(19)13(18)11-12-9-7-6-8-10-17(12)15(20)22-16(2,3)4/h12H,5-11H2,1-4H3. The van der Waals surface area contributed by atoms with Crippen LogP contribution in [-0.2, 0) is 19.1 Å². The summed E-state index contributed by atoms with van der Waals surface area (Å²) >= 11 is 0. The molecule has 1 unspecified atom stereocenters. The summed E-state index contributed by atoms with van der Waals surface area (Å²) in [5, 5.41) is 0. The van der Waals surface area contributed by atoms with Crippen LogP contribution in [0.1, 0.15) is 59.8 Å². The van der Waals surface area contributed by atoms with E-state index in [1.54, 1.807) is 11.8 Å². The Morgan fingerprint density at radius 1 is 1.14 bits per heavy atom. The molecule has 6 nitrogen and oxygen atoms in total. The summed E-state index contributed by atoms with van der Waals surface area (Å²) in [5.74, 6) is -1.40. The van der Waals surface area contributed by atoms with E-state index in [4.69, 9.17) is 9.47 Å². The lowest BCUT2D eigenvalue weighted by molar-refractivity contribution is -0.154. The molecule has 0 saturated carbocycles. The molecule has 0 spiro atoms. The second-order valence-electron chi connectivity index (χ2n) is 6.52. The summed E-state index contributed by atoms with van der Waals surface area (Å²) in [6.45, 7) is 7.80. The Labute approximate surface area is 132 Å². The number of Topliss-reactive ketones (excluding diaryl/α,β-unsaturated/α-hetero) is 1. The van der Waals surface area contributed by atoms with Gasteiger partial charge in [0.2, 0.25) is 5.78 Å². The van der Waals surface area contributed by atoms with E-state index < -0.39 is 23.4 Å². The number of amides is 1. The van der Waals surface area contributed by atoms with Crippen molar-refractivity contribution >= 4 is 17.8 Å². The average molecular weight is 313 g/mol. The first-order valence-electron chi connectivity index (χ1n) is 7.94. The topological polar surface area (TPSA) is 72.9 Å². The number of likely N-dealkylation sites (tertiary alicyclic amines) is 1. The van der Waals surface area contributed by atoms with Crippen molar-refractivity contribution in [3.63, 3.8) is 0 Å². The number of hydrogen-bond donors (Lipinski definition) is 0. The van der Waals surface area contributed by atoms with Crippen molar-refractivity contribution in [1.29, 1.82) is 0 Å². The van der Waals surface area contributed by atoms with Gasteiger partial charge in [-0.1, -0.05) is 12.8 Å². The van der Waals surface area contributed by atoms with Crippen LogP contribution in [0, 0.1) is 0 Å². The highest BCUT2D eigenvalue weighted by Crippen LogP contribution is 2.22. The minimum atomic E-state index is -0.823. The molecule has 0 aliphatic carbocycles. The molecule has 0 bridgehead atoms. The SMILES string of the molecule is CCOC(=O)C(=O)CC1CCCCCN1C(=O)OC(C)(C)C. The summed E-state index contributed by atoms with van der Waals surface area (Å²) in [7, 11) is 0. The minimum absolute atomic E-state index is 0.00191. The fraction of sp³-hybridized carbons (Fsp3) is 0.812. The van der Waals surface area contributed by atoms with Gasteiger partial charge in [0, 0.05) is 19.0 Å². The van der Waals surface area contributed by atoms with Crippen molar-refractivity contribution in [2.45, 2.75) is 71.4 Å². The maximum atomic E-state index is 12.3. The third-order valence-corrected chi connectivity index (χ3v) is 3.43. The second kappa shape index (κ2) is 8.15. The average Bonchev–Trinajstić information content (AvgIpc) is 2.62. The zero-order valence-corrected chi connectivity index (χ0v) is 14.0. The van der Waals surface area contributed by atoms with Crippen molar-refractivity contribution < 1.29 is 23.9 Å². The van der Waals surface area contributed by atoms with Gasteiger partial charge in [-0.2, -0.15) is 0 Å². The van der Waals surface area contributed by atoms with Gasteiger partial charge >= 0.3 is 12.1 Å². The Morgan fingerprint density at radius 3 is 2.41 bits per heavy atom. The number of ketones is 1. The number of rotatable bonds is 4. The first-order chi connectivity index (χ1) is 10.2. The molecule has 1 saturated heterocycles. The number of ether oxygens (including phenoxy) is 2. The third-order valence-electron chi connectivity index (χ3n) is 3.43. The summed E-state index contributed by atoms with van der Waals surface area (Å²) in [6, 6.07) is -0.297. The zero-order valence-electron chi connectivity index (χ0n) is 14.0. The number of carbonyl (C=O) groups is 3. The van der Waals surface area contributed by atoms with Crippen LogP contribution in [0.15, 0.2) is 0 Å². The number of hydrogen-bond acceptors (Lipinski definition) is 5. The Morgan fingerprint density at radius 2 is 1.82 bits per heavy atom. The van der Waals surface area contributed by atoms with E-state index in [2.05, 4.69) is 0 Å². The van der Waals surface area contributed by atoms with Crippen LogP contribution in [0.4, 0.5) is 4.79 Å².